The molecule has 2 heterocycles. The molecule has 1 unspecified atom stereocenters. The first-order valence-corrected chi connectivity index (χ1v) is 7.18. The molecule has 2 aliphatic rings. The van der Waals surface area contributed by atoms with Crippen molar-refractivity contribution in [3.63, 3.8) is 0 Å². The average Bonchev–Trinajstić information content (AvgIpc) is 3.12. The summed E-state index contributed by atoms with van der Waals surface area (Å²) in [4.78, 5) is 13.2. The van der Waals surface area contributed by atoms with Crippen molar-refractivity contribution in [3.8, 4) is 0 Å². The lowest BCUT2D eigenvalue weighted by atomic mass is 10.2. The molecule has 1 saturated carbocycles. The van der Waals surface area contributed by atoms with Crippen LogP contribution in [0.25, 0.3) is 0 Å². The van der Waals surface area contributed by atoms with Crippen LogP contribution in [0.5, 0.6) is 0 Å². The van der Waals surface area contributed by atoms with Gasteiger partial charge >= 0.3 is 0 Å². The maximum Gasteiger partial charge on any atom is 0.134 e. The molecule has 1 aliphatic heterocycles. The first kappa shape index (κ1) is 12.7. The fourth-order valence-corrected chi connectivity index (χ4v) is 2.81. The summed E-state index contributed by atoms with van der Waals surface area (Å²) < 4.78 is 0. The Hall–Kier alpha value is -1.36. The summed E-state index contributed by atoms with van der Waals surface area (Å²) in [5.41, 5.74) is 0. The van der Waals surface area contributed by atoms with Crippen LogP contribution in [0.4, 0.5) is 11.6 Å². The first-order chi connectivity index (χ1) is 9.28. The van der Waals surface area contributed by atoms with Gasteiger partial charge < -0.3 is 14.9 Å². The molecule has 2 fully saturated rings. The molecule has 104 valence electrons. The van der Waals surface area contributed by atoms with Gasteiger partial charge in [-0.05, 0) is 31.6 Å². The molecule has 1 aromatic rings. The van der Waals surface area contributed by atoms with Crippen molar-refractivity contribution in [2.45, 2.75) is 31.7 Å². The van der Waals surface area contributed by atoms with Crippen LogP contribution in [0.1, 0.15) is 25.7 Å². The number of anilines is 2. The van der Waals surface area contributed by atoms with E-state index in [9.17, 15) is 5.11 Å². The molecule has 5 nitrogen and oxygen atoms in total. The van der Waals surface area contributed by atoms with Crippen molar-refractivity contribution >= 4 is 11.6 Å². The Labute approximate surface area is 114 Å². The largest absolute Gasteiger partial charge is 0.394 e. The molecule has 1 atom stereocenters. The van der Waals surface area contributed by atoms with E-state index in [-0.39, 0.29) is 12.6 Å². The van der Waals surface area contributed by atoms with E-state index in [4.69, 9.17) is 0 Å². The lowest BCUT2D eigenvalue weighted by Crippen LogP contribution is -2.33. The molecule has 0 aromatic carbocycles. The van der Waals surface area contributed by atoms with E-state index >= 15 is 0 Å². The number of nitrogens with zero attached hydrogens (tertiary/aromatic N) is 4. The van der Waals surface area contributed by atoms with Crippen molar-refractivity contribution in [2.75, 3.05) is 36.5 Å². The molecule has 1 aliphatic carbocycles. The highest BCUT2D eigenvalue weighted by molar-refractivity contribution is 5.51. The molecule has 19 heavy (non-hydrogen) atoms. The van der Waals surface area contributed by atoms with Gasteiger partial charge in [0.05, 0.1) is 12.6 Å². The molecule has 0 amide bonds. The van der Waals surface area contributed by atoms with Crippen LogP contribution in [0.2, 0.25) is 0 Å². The van der Waals surface area contributed by atoms with Gasteiger partial charge in [0.2, 0.25) is 0 Å². The first-order valence-electron chi connectivity index (χ1n) is 7.18. The maximum absolute atomic E-state index is 9.41. The minimum Gasteiger partial charge on any atom is -0.394 e. The Morgan fingerprint density at radius 2 is 2.21 bits per heavy atom. The zero-order valence-electron chi connectivity index (χ0n) is 11.5. The van der Waals surface area contributed by atoms with Crippen LogP contribution in [0, 0.1) is 5.92 Å². The number of aliphatic hydroxyl groups excluding tert-OH is 1. The Morgan fingerprint density at radius 3 is 2.95 bits per heavy atom. The van der Waals surface area contributed by atoms with Crippen LogP contribution in [0.15, 0.2) is 12.4 Å². The fourth-order valence-electron chi connectivity index (χ4n) is 2.81. The molecular formula is C14H22N4O. The van der Waals surface area contributed by atoms with Gasteiger partial charge in [-0.2, -0.15) is 0 Å². The molecule has 0 spiro atoms. The number of aromatic nitrogens is 2. The van der Waals surface area contributed by atoms with E-state index in [2.05, 4.69) is 32.9 Å². The second-order valence-electron chi connectivity index (χ2n) is 5.73. The van der Waals surface area contributed by atoms with Crippen LogP contribution in [-0.2, 0) is 0 Å². The average molecular weight is 262 g/mol. The predicted molar refractivity (Wildman–Crippen MR) is 75.5 cm³/mol. The fraction of sp³-hybridized carbons (Fsp3) is 0.714. The third-order valence-corrected chi connectivity index (χ3v) is 4.14. The number of hydrogen-bond donors (Lipinski definition) is 1. The zero-order valence-corrected chi connectivity index (χ0v) is 11.5. The third-order valence-electron chi connectivity index (χ3n) is 4.14. The quantitative estimate of drug-likeness (QED) is 0.866. The SMILES string of the molecule is CN(CC1CC1)c1cc(N2CCCC2CO)ncn1. The maximum atomic E-state index is 9.41. The molecule has 0 bridgehead atoms. The topological polar surface area (TPSA) is 52.5 Å². The summed E-state index contributed by atoms with van der Waals surface area (Å²) in [6.07, 6.45) is 6.51. The summed E-state index contributed by atoms with van der Waals surface area (Å²) in [5.74, 6) is 2.78. The molecule has 3 rings (SSSR count). The van der Waals surface area contributed by atoms with Crippen molar-refractivity contribution in [2.24, 2.45) is 5.92 Å². The Balaban J connectivity index is 1.74. The molecule has 1 aromatic heterocycles. The monoisotopic (exact) mass is 262 g/mol. The molecule has 5 heteroatoms. The van der Waals surface area contributed by atoms with Gasteiger partial charge in [0.15, 0.2) is 0 Å². The van der Waals surface area contributed by atoms with E-state index in [0.717, 1.165) is 43.5 Å². The molecular weight excluding hydrogens is 240 g/mol. The summed E-state index contributed by atoms with van der Waals surface area (Å²) in [5, 5.41) is 9.41. The smallest absolute Gasteiger partial charge is 0.134 e. The normalized spacial score (nSPS) is 22.8. The third kappa shape index (κ3) is 2.81. The van der Waals surface area contributed by atoms with Crippen LogP contribution in [0.3, 0.4) is 0 Å². The van der Waals surface area contributed by atoms with Gasteiger partial charge in [-0.3, -0.25) is 0 Å². The predicted octanol–water partition coefficient (Wildman–Crippen LogP) is 1.28. The summed E-state index contributed by atoms with van der Waals surface area (Å²) in [6.45, 7) is 2.27. The molecule has 1 saturated heterocycles. The van der Waals surface area contributed by atoms with E-state index in [1.54, 1.807) is 6.33 Å². The highest BCUT2D eigenvalue weighted by Crippen LogP contribution is 2.31. The van der Waals surface area contributed by atoms with Crippen molar-refractivity contribution in [1.29, 1.82) is 0 Å². The highest BCUT2D eigenvalue weighted by atomic mass is 16.3. The van der Waals surface area contributed by atoms with Gasteiger partial charge in [-0.25, -0.2) is 9.97 Å². The molecule has 1 N–H and O–H groups in total. The number of rotatable bonds is 5. The highest BCUT2D eigenvalue weighted by Gasteiger charge is 2.26. The van der Waals surface area contributed by atoms with Crippen molar-refractivity contribution in [3.05, 3.63) is 12.4 Å². The Morgan fingerprint density at radius 1 is 1.37 bits per heavy atom. The lowest BCUT2D eigenvalue weighted by molar-refractivity contribution is 0.266. The summed E-state index contributed by atoms with van der Waals surface area (Å²) in [6, 6.07) is 2.27. The van der Waals surface area contributed by atoms with E-state index in [0.29, 0.717) is 0 Å². The molecule has 0 radical (unpaired) electrons. The summed E-state index contributed by atoms with van der Waals surface area (Å²) in [7, 11) is 2.10. The van der Waals surface area contributed by atoms with Gasteiger partial charge in [0, 0.05) is 26.2 Å². The van der Waals surface area contributed by atoms with Gasteiger partial charge in [-0.1, -0.05) is 0 Å². The van der Waals surface area contributed by atoms with Gasteiger partial charge in [0.25, 0.3) is 0 Å². The second kappa shape index (κ2) is 5.33. The van der Waals surface area contributed by atoms with E-state index in [1.807, 2.05) is 0 Å². The van der Waals surface area contributed by atoms with Gasteiger partial charge in [0.1, 0.15) is 18.0 Å². The lowest BCUT2D eigenvalue weighted by Gasteiger charge is -2.25. The summed E-state index contributed by atoms with van der Waals surface area (Å²) >= 11 is 0. The van der Waals surface area contributed by atoms with Crippen molar-refractivity contribution in [1.82, 2.24) is 9.97 Å². The van der Waals surface area contributed by atoms with Crippen LogP contribution < -0.4 is 9.80 Å². The van der Waals surface area contributed by atoms with Crippen molar-refractivity contribution < 1.29 is 5.11 Å². The zero-order chi connectivity index (χ0) is 13.2. The van der Waals surface area contributed by atoms with Crippen LogP contribution >= 0.6 is 0 Å². The Kier molecular flexibility index (Phi) is 3.55. The van der Waals surface area contributed by atoms with E-state index in [1.165, 1.54) is 12.8 Å². The Bertz CT molecular complexity index is 435. The van der Waals surface area contributed by atoms with Gasteiger partial charge in [-0.15, -0.1) is 0 Å². The van der Waals surface area contributed by atoms with E-state index < -0.39 is 0 Å². The standard InChI is InChI=1S/C14H22N4O/c1-17(8-11-4-5-11)13-7-14(16-10-15-13)18-6-2-3-12(18)9-19/h7,10-12,19H,2-6,8-9H2,1H3. The number of hydrogen-bond acceptors (Lipinski definition) is 5. The van der Waals surface area contributed by atoms with Crippen LogP contribution in [-0.4, -0.2) is 47.9 Å². The second-order valence-corrected chi connectivity index (χ2v) is 5.73. The number of aliphatic hydroxyl groups is 1. The minimum atomic E-state index is 0.206. The minimum absolute atomic E-state index is 0.206.